The number of nitrogens with one attached hydrogen (secondary N) is 1. The summed E-state index contributed by atoms with van der Waals surface area (Å²) in [5.41, 5.74) is 0. The third kappa shape index (κ3) is 23.5. The monoisotopic (exact) mass is 798 g/mol. The zero-order chi connectivity index (χ0) is 40.2. The van der Waals surface area contributed by atoms with Gasteiger partial charge >= 0.3 is 7.82 Å². The van der Waals surface area contributed by atoms with Gasteiger partial charge in [-0.2, -0.15) is 0 Å². The summed E-state index contributed by atoms with van der Waals surface area (Å²) in [7, 11) is -5.10. The number of unbranched alkanes of at least 4 members (excludes halogenated alkanes) is 22. The molecule has 1 aliphatic carbocycles. The van der Waals surface area contributed by atoms with E-state index >= 15 is 0 Å². The summed E-state index contributed by atoms with van der Waals surface area (Å²) in [6.07, 6.45) is 14.5. The molecule has 1 fully saturated rings. The average Bonchev–Trinajstić information content (AvgIpc) is 3.14. The third-order valence-electron chi connectivity index (χ3n) is 10.7. The van der Waals surface area contributed by atoms with Crippen molar-refractivity contribution in [1.29, 1.82) is 0 Å². The Balaban J connectivity index is 2.56. The number of amides is 1. The topological polar surface area (TPSA) is 226 Å². The summed E-state index contributed by atoms with van der Waals surface area (Å²) in [4.78, 5) is 23.4. The molecule has 0 spiro atoms. The van der Waals surface area contributed by atoms with Gasteiger partial charge in [0.15, 0.2) is 0 Å². The molecule has 322 valence electrons. The van der Waals surface area contributed by atoms with Crippen molar-refractivity contribution in [3.05, 3.63) is 0 Å². The number of rotatable bonds is 35. The van der Waals surface area contributed by atoms with Crippen molar-refractivity contribution in [1.82, 2.24) is 5.32 Å². The minimum atomic E-state index is -5.10. The highest BCUT2D eigenvalue weighted by Gasteiger charge is 2.51. The van der Waals surface area contributed by atoms with Crippen LogP contribution in [0.5, 0.6) is 0 Å². The molecular formula is C40H80NO12P. The van der Waals surface area contributed by atoms with Gasteiger partial charge in [0.1, 0.15) is 36.6 Å². The first-order valence-corrected chi connectivity index (χ1v) is 23.1. The molecule has 0 bridgehead atoms. The molecule has 0 radical (unpaired) electrons. The van der Waals surface area contributed by atoms with Gasteiger partial charge in [0.05, 0.1) is 31.3 Å². The molecule has 0 saturated heterocycles. The van der Waals surface area contributed by atoms with Crippen LogP contribution in [-0.2, 0) is 18.4 Å². The Morgan fingerprint density at radius 1 is 0.574 bits per heavy atom. The lowest BCUT2D eigenvalue weighted by Gasteiger charge is -2.41. The first-order valence-electron chi connectivity index (χ1n) is 21.6. The van der Waals surface area contributed by atoms with Gasteiger partial charge < -0.3 is 46.0 Å². The molecule has 0 aromatic heterocycles. The quantitative estimate of drug-likeness (QED) is 0.0263. The van der Waals surface area contributed by atoms with Crippen LogP contribution in [0.3, 0.4) is 0 Å². The first kappa shape index (κ1) is 51.3. The van der Waals surface area contributed by atoms with Crippen LogP contribution < -0.4 is 5.32 Å². The zero-order valence-electron chi connectivity index (χ0n) is 33.7. The molecule has 8 unspecified atom stereocenters. The molecule has 54 heavy (non-hydrogen) atoms. The molecule has 1 amide bonds. The van der Waals surface area contributed by atoms with Crippen LogP contribution >= 0.6 is 7.82 Å². The second-order valence-corrected chi connectivity index (χ2v) is 17.1. The van der Waals surface area contributed by atoms with Gasteiger partial charge in [-0.25, -0.2) is 4.57 Å². The normalized spacial score (nSPS) is 24.6. The Bertz CT molecular complexity index is 948. The first-order chi connectivity index (χ1) is 25.8. The van der Waals surface area contributed by atoms with E-state index in [-0.39, 0.29) is 12.8 Å². The summed E-state index contributed by atoms with van der Waals surface area (Å²) in [6.45, 7) is 3.75. The minimum Gasteiger partial charge on any atom is -0.393 e. The van der Waals surface area contributed by atoms with E-state index in [1.165, 1.54) is 96.3 Å². The molecule has 0 aromatic carbocycles. The molecular weight excluding hydrogens is 717 g/mol. The third-order valence-corrected chi connectivity index (χ3v) is 11.7. The molecule has 0 heterocycles. The van der Waals surface area contributed by atoms with Crippen molar-refractivity contribution in [2.45, 2.75) is 242 Å². The number of hydrogen-bond donors (Lipinski definition) is 9. The number of phosphoric acid groups is 1. The lowest BCUT2D eigenvalue weighted by Crippen LogP contribution is -2.64. The van der Waals surface area contributed by atoms with Crippen LogP contribution in [0.4, 0.5) is 0 Å². The second-order valence-electron chi connectivity index (χ2n) is 15.7. The predicted octanol–water partition coefficient (Wildman–Crippen LogP) is 6.09. The lowest BCUT2D eigenvalue weighted by atomic mass is 9.85. The summed E-state index contributed by atoms with van der Waals surface area (Å²) < 4.78 is 22.8. The van der Waals surface area contributed by atoms with Gasteiger partial charge in [0, 0.05) is 0 Å². The maximum Gasteiger partial charge on any atom is 0.472 e. The van der Waals surface area contributed by atoms with E-state index < -0.39 is 75.2 Å². The standard InChI is InChI=1S/C40H80NO12P/c1-3-5-7-9-11-13-15-16-18-19-21-23-25-27-31(42)29-34(44)41-32(33(43)28-26-24-22-20-17-14-12-10-8-6-4-2)30-52-54(50,51)53-40-38(48)36(46)35(45)37(47)39(40)49/h31-33,35-40,42-43,45-49H,3-30H2,1-2H3,(H,41,44)(H,50,51). The summed E-state index contributed by atoms with van der Waals surface area (Å²) >= 11 is 0. The highest BCUT2D eigenvalue weighted by molar-refractivity contribution is 7.47. The van der Waals surface area contributed by atoms with Gasteiger partial charge in [-0.05, 0) is 12.8 Å². The van der Waals surface area contributed by atoms with Crippen LogP contribution in [0.25, 0.3) is 0 Å². The molecule has 1 aliphatic rings. The largest absolute Gasteiger partial charge is 0.472 e. The molecule has 1 saturated carbocycles. The predicted molar refractivity (Wildman–Crippen MR) is 211 cm³/mol. The van der Waals surface area contributed by atoms with E-state index in [9.17, 15) is 50.0 Å². The van der Waals surface area contributed by atoms with E-state index in [0.29, 0.717) is 12.8 Å². The van der Waals surface area contributed by atoms with Crippen LogP contribution in [0, 0.1) is 0 Å². The lowest BCUT2D eigenvalue weighted by molar-refractivity contribution is -0.220. The number of aliphatic hydroxyl groups excluding tert-OH is 7. The van der Waals surface area contributed by atoms with Gasteiger partial charge in [0.2, 0.25) is 5.91 Å². The molecule has 1 rings (SSSR count). The molecule has 0 aromatic rings. The number of aliphatic hydroxyl groups is 7. The van der Waals surface area contributed by atoms with Crippen LogP contribution in [0.2, 0.25) is 0 Å². The fourth-order valence-electron chi connectivity index (χ4n) is 7.13. The van der Waals surface area contributed by atoms with E-state index in [1.807, 2.05) is 0 Å². The zero-order valence-corrected chi connectivity index (χ0v) is 34.5. The van der Waals surface area contributed by atoms with E-state index in [2.05, 4.69) is 19.2 Å². The number of phosphoric ester groups is 1. The highest BCUT2D eigenvalue weighted by atomic mass is 31.2. The Hall–Kier alpha value is -0.700. The molecule has 9 N–H and O–H groups in total. The van der Waals surface area contributed by atoms with Crippen molar-refractivity contribution in [3.8, 4) is 0 Å². The number of hydrogen-bond acceptors (Lipinski definition) is 11. The van der Waals surface area contributed by atoms with Gasteiger partial charge in [0.25, 0.3) is 0 Å². The maximum absolute atomic E-state index is 12.9. The SMILES string of the molecule is CCCCCCCCCCCCCCCC(O)CC(=O)NC(COP(=O)(O)OC1C(O)C(O)C(O)C(O)C1O)C(O)CCCCCCCCCCCCC. The molecule has 8 atom stereocenters. The Morgan fingerprint density at radius 3 is 1.33 bits per heavy atom. The summed E-state index contributed by atoms with van der Waals surface area (Å²) in [5.74, 6) is -0.559. The van der Waals surface area contributed by atoms with E-state index in [4.69, 9.17) is 9.05 Å². The molecule has 13 nitrogen and oxygen atoms in total. The van der Waals surface area contributed by atoms with Crippen molar-refractivity contribution >= 4 is 13.7 Å². The van der Waals surface area contributed by atoms with Gasteiger partial charge in [-0.3, -0.25) is 13.8 Å². The maximum atomic E-state index is 12.9. The van der Waals surface area contributed by atoms with Gasteiger partial charge in [-0.15, -0.1) is 0 Å². The van der Waals surface area contributed by atoms with E-state index in [0.717, 1.165) is 51.4 Å². The summed E-state index contributed by atoms with van der Waals surface area (Å²) in [6, 6.07) is -1.15. The average molecular weight is 798 g/mol. The smallest absolute Gasteiger partial charge is 0.393 e. The van der Waals surface area contributed by atoms with Crippen LogP contribution in [0.15, 0.2) is 0 Å². The Labute approximate surface area is 326 Å². The minimum absolute atomic E-state index is 0.216. The number of carbonyl (C=O) groups is 1. The Morgan fingerprint density at radius 2 is 0.926 bits per heavy atom. The fourth-order valence-corrected chi connectivity index (χ4v) is 8.09. The summed E-state index contributed by atoms with van der Waals surface area (Å²) in [5, 5.41) is 74.3. The van der Waals surface area contributed by atoms with Crippen molar-refractivity contribution in [2.24, 2.45) is 0 Å². The van der Waals surface area contributed by atoms with Crippen molar-refractivity contribution in [3.63, 3.8) is 0 Å². The van der Waals surface area contributed by atoms with Gasteiger partial charge in [-0.1, -0.05) is 168 Å². The fraction of sp³-hybridized carbons (Fsp3) is 0.975. The van der Waals surface area contributed by atoms with Crippen LogP contribution in [-0.4, -0.2) is 108 Å². The molecule has 14 heteroatoms. The van der Waals surface area contributed by atoms with Crippen molar-refractivity contribution < 1.29 is 59.0 Å². The Kier molecular flexibility index (Phi) is 29.8. The van der Waals surface area contributed by atoms with Crippen molar-refractivity contribution in [2.75, 3.05) is 6.61 Å². The number of carbonyl (C=O) groups excluding carboxylic acids is 1. The molecule has 0 aliphatic heterocycles. The highest BCUT2D eigenvalue weighted by Crippen LogP contribution is 2.47. The second kappa shape index (κ2) is 31.3. The van der Waals surface area contributed by atoms with Crippen LogP contribution in [0.1, 0.15) is 187 Å². The van der Waals surface area contributed by atoms with E-state index in [1.54, 1.807) is 0 Å².